The number of aryl methyl sites for hydroxylation is 1. The maximum atomic E-state index is 6.34. The molecule has 0 spiro atoms. The second kappa shape index (κ2) is 5.92. The molecular formula is C18H19ClN2. The molecule has 3 aromatic rings. The molecule has 0 fully saturated rings. The van der Waals surface area contributed by atoms with Crippen LogP contribution in [0.25, 0.3) is 10.9 Å². The van der Waals surface area contributed by atoms with Gasteiger partial charge in [-0.3, -0.25) is 0 Å². The van der Waals surface area contributed by atoms with Crippen molar-refractivity contribution < 1.29 is 0 Å². The van der Waals surface area contributed by atoms with Crippen molar-refractivity contribution in [1.29, 1.82) is 0 Å². The monoisotopic (exact) mass is 298 g/mol. The van der Waals surface area contributed by atoms with Crippen molar-refractivity contribution in [3.05, 3.63) is 70.4 Å². The molecule has 3 heteroatoms. The Morgan fingerprint density at radius 2 is 1.95 bits per heavy atom. The molecule has 0 radical (unpaired) electrons. The number of benzene rings is 2. The van der Waals surface area contributed by atoms with E-state index in [1.165, 1.54) is 22.0 Å². The lowest BCUT2D eigenvalue weighted by Gasteiger charge is -2.09. The topological polar surface area (TPSA) is 17.0 Å². The third-order valence-corrected chi connectivity index (χ3v) is 4.12. The first-order valence-corrected chi connectivity index (χ1v) is 7.52. The number of fused-ring (bicyclic) bond motifs is 1. The first-order chi connectivity index (χ1) is 10.2. The number of halogens is 1. The van der Waals surface area contributed by atoms with E-state index in [1.54, 1.807) is 0 Å². The molecule has 0 aliphatic rings. The lowest BCUT2D eigenvalue weighted by atomic mass is 10.1. The summed E-state index contributed by atoms with van der Waals surface area (Å²) in [5.74, 6) is 0. The van der Waals surface area contributed by atoms with E-state index in [0.29, 0.717) is 0 Å². The fourth-order valence-corrected chi connectivity index (χ4v) is 2.96. The Balaban J connectivity index is 1.94. The van der Waals surface area contributed by atoms with Crippen molar-refractivity contribution in [2.24, 2.45) is 0 Å². The lowest BCUT2D eigenvalue weighted by molar-refractivity contribution is 0.817. The first-order valence-electron chi connectivity index (χ1n) is 7.15. The van der Waals surface area contributed by atoms with E-state index >= 15 is 0 Å². The van der Waals surface area contributed by atoms with Crippen molar-refractivity contribution in [3.8, 4) is 0 Å². The molecule has 0 aliphatic heterocycles. The van der Waals surface area contributed by atoms with Gasteiger partial charge in [0.1, 0.15) is 0 Å². The number of aromatic nitrogens is 1. The maximum absolute atomic E-state index is 6.34. The number of nitrogens with zero attached hydrogens (tertiary/aromatic N) is 1. The summed E-state index contributed by atoms with van der Waals surface area (Å²) in [6.45, 7) is 3.75. The smallest absolute Gasteiger partial charge is 0.0490 e. The lowest BCUT2D eigenvalue weighted by Crippen LogP contribution is -2.04. The van der Waals surface area contributed by atoms with Gasteiger partial charge in [0.05, 0.1) is 0 Å². The molecule has 2 nitrogen and oxygen atoms in total. The van der Waals surface area contributed by atoms with E-state index in [4.69, 9.17) is 11.6 Å². The zero-order valence-electron chi connectivity index (χ0n) is 12.4. The minimum atomic E-state index is 0.800. The van der Waals surface area contributed by atoms with Gasteiger partial charge >= 0.3 is 0 Å². The third-order valence-electron chi connectivity index (χ3n) is 3.77. The van der Waals surface area contributed by atoms with Crippen LogP contribution in [0.1, 0.15) is 16.7 Å². The standard InChI is InChI=1S/C18H19ClN2/c1-13-3-5-16(17(19)9-13)12-21-8-7-15-10-14(11-20-2)4-6-18(15)21/h3-10,20H,11-12H2,1-2H3. The van der Waals surface area contributed by atoms with Gasteiger partial charge < -0.3 is 9.88 Å². The molecule has 0 aliphatic carbocycles. The molecule has 21 heavy (non-hydrogen) atoms. The van der Waals surface area contributed by atoms with Gasteiger partial charge in [0.2, 0.25) is 0 Å². The summed E-state index contributed by atoms with van der Waals surface area (Å²) in [6, 6.07) is 15.0. The molecule has 1 N–H and O–H groups in total. The second-order valence-electron chi connectivity index (χ2n) is 5.46. The van der Waals surface area contributed by atoms with Crippen LogP contribution >= 0.6 is 11.6 Å². The fourth-order valence-electron chi connectivity index (χ4n) is 2.67. The highest BCUT2D eigenvalue weighted by Crippen LogP contribution is 2.23. The number of nitrogens with one attached hydrogen (secondary N) is 1. The Morgan fingerprint density at radius 3 is 2.71 bits per heavy atom. The predicted molar refractivity (Wildman–Crippen MR) is 90.0 cm³/mol. The van der Waals surface area contributed by atoms with Gasteiger partial charge in [-0.2, -0.15) is 0 Å². The summed E-state index contributed by atoms with van der Waals surface area (Å²) >= 11 is 6.34. The molecule has 3 rings (SSSR count). The van der Waals surface area contributed by atoms with E-state index in [0.717, 1.165) is 23.7 Å². The Bertz CT molecular complexity index is 774. The van der Waals surface area contributed by atoms with E-state index in [1.807, 2.05) is 13.1 Å². The van der Waals surface area contributed by atoms with Crippen molar-refractivity contribution in [3.63, 3.8) is 0 Å². The number of rotatable bonds is 4. The van der Waals surface area contributed by atoms with Gasteiger partial charge in [0, 0.05) is 29.8 Å². The molecule has 1 aromatic heterocycles. The Hall–Kier alpha value is -1.77. The minimum absolute atomic E-state index is 0.800. The fraction of sp³-hybridized carbons (Fsp3) is 0.222. The number of hydrogen-bond donors (Lipinski definition) is 1. The second-order valence-corrected chi connectivity index (χ2v) is 5.87. The molecule has 0 saturated heterocycles. The quantitative estimate of drug-likeness (QED) is 0.757. The first kappa shape index (κ1) is 14.2. The van der Waals surface area contributed by atoms with E-state index < -0.39 is 0 Å². The largest absolute Gasteiger partial charge is 0.343 e. The summed E-state index contributed by atoms with van der Waals surface area (Å²) in [4.78, 5) is 0. The van der Waals surface area contributed by atoms with Crippen LogP contribution in [0.4, 0.5) is 0 Å². The van der Waals surface area contributed by atoms with Gasteiger partial charge in [0.25, 0.3) is 0 Å². The van der Waals surface area contributed by atoms with Crippen molar-refractivity contribution >= 4 is 22.5 Å². The van der Waals surface area contributed by atoms with Crippen LogP contribution < -0.4 is 5.32 Å². The van der Waals surface area contributed by atoms with Gasteiger partial charge in [-0.1, -0.05) is 29.8 Å². The molecule has 0 unspecified atom stereocenters. The van der Waals surface area contributed by atoms with Gasteiger partial charge in [0.15, 0.2) is 0 Å². The zero-order valence-corrected chi connectivity index (χ0v) is 13.1. The zero-order chi connectivity index (χ0) is 14.8. The highest BCUT2D eigenvalue weighted by molar-refractivity contribution is 6.31. The van der Waals surface area contributed by atoms with Crippen molar-refractivity contribution in [2.75, 3.05) is 7.05 Å². The molecule has 2 aromatic carbocycles. The molecule has 0 atom stereocenters. The Kier molecular flexibility index (Phi) is 4.00. The average Bonchev–Trinajstić information content (AvgIpc) is 2.85. The predicted octanol–water partition coefficient (Wildman–Crippen LogP) is 4.37. The van der Waals surface area contributed by atoms with Crippen molar-refractivity contribution in [2.45, 2.75) is 20.0 Å². The van der Waals surface area contributed by atoms with Crippen LogP contribution in [0.15, 0.2) is 48.7 Å². The van der Waals surface area contributed by atoms with Gasteiger partial charge in [-0.05, 0) is 60.3 Å². The Morgan fingerprint density at radius 1 is 1.10 bits per heavy atom. The summed E-state index contributed by atoms with van der Waals surface area (Å²) < 4.78 is 2.25. The van der Waals surface area contributed by atoms with Gasteiger partial charge in [-0.25, -0.2) is 0 Å². The summed E-state index contributed by atoms with van der Waals surface area (Å²) in [7, 11) is 1.97. The summed E-state index contributed by atoms with van der Waals surface area (Å²) in [5, 5.41) is 5.29. The summed E-state index contributed by atoms with van der Waals surface area (Å²) in [6.07, 6.45) is 2.13. The SMILES string of the molecule is CNCc1ccc2c(ccn2Cc2ccc(C)cc2Cl)c1. The van der Waals surface area contributed by atoms with Crippen LogP contribution in [-0.2, 0) is 13.1 Å². The summed E-state index contributed by atoms with van der Waals surface area (Å²) in [5.41, 5.74) is 4.89. The third kappa shape index (κ3) is 2.97. The average molecular weight is 299 g/mol. The molecule has 0 saturated carbocycles. The van der Waals surface area contributed by atoms with E-state index in [2.05, 4.69) is 59.4 Å². The van der Waals surface area contributed by atoms with E-state index in [9.17, 15) is 0 Å². The van der Waals surface area contributed by atoms with Crippen LogP contribution in [0, 0.1) is 6.92 Å². The van der Waals surface area contributed by atoms with Crippen LogP contribution in [0.2, 0.25) is 5.02 Å². The van der Waals surface area contributed by atoms with Crippen LogP contribution in [0.3, 0.4) is 0 Å². The van der Waals surface area contributed by atoms with E-state index in [-0.39, 0.29) is 0 Å². The minimum Gasteiger partial charge on any atom is -0.343 e. The highest BCUT2D eigenvalue weighted by Gasteiger charge is 2.05. The molecule has 0 bridgehead atoms. The van der Waals surface area contributed by atoms with Crippen LogP contribution in [0.5, 0.6) is 0 Å². The molecule has 108 valence electrons. The van der Waals surface area contributed by atoms with Crippen LogP contribution in [-0.4, -0.2) is 11.6 Å². The highest BCUT2D eigenvalue weighted by atomic mass is 35.5. The normalized spacial score (nSPS) is 11.2. The Labute approximate surface area is 130 Å². The molecular weight excluding hydrogens is 280 g/mol. The molecule has 1 heterocycles. The number of hydrogen-bond acceptors (Lipinski definition) is 1. The maximum Gasteiger partial charge on any atom is 0.0490 e. The van der Waals surface area contributed by atoms with Crippen molar-refractivity contribution in [1.82, 2.24) is 9.88 Å². The van der Waals surface area contributed by atoms with Gasteiger partial charge in [-0.15, -0.1) is 0 Å². The molecule has 0 amide bonds.